The van der Waals surface area contributed by atoms with Crippen molar-refractivity contribution in [2.45, 2.75) is 64.3 Å². The fourth-order valence-electron chi connectivity index (χ4n) is 6.75. The zero-order chi connectivity index (χ0) is 25.3. The number of ether oxygens (including phenoxy) is 2. The normalized spacial score (nSPS) is 27.8. The standard InChI is InChI=1S/C32H42O4/c1-2-19-32(25-34)30(36-23-27-13-7-4-8-14-27)18-17-28-15-9-16-29(28)31(32,24-33)20-10-21-35-22-26-11-5-3-6-12-26/h2-8,11-14,16,28,30,33-34H,1,9-10,15,17-25H2/t28-,30-,31-,32-/m0/s1. The zero-order valence-corrected chi connectivity index (χ0v) is 21.5. The van der Waals surface area contributed by atoms with E-state index in [2.05, 4.69) is 36.9 Å². The smallest absolute Gasteiger partial charge is 0.0720 e. The molecule has 2 aliphatic rings. The van der Waals surface area contributed by atoms with Gasteiger partial charge in [-0.05, 0) is 62.0 Å². The zero-order valence-electron chi connectivity index (χ0n) is 21.5. The van der Waals surface area contributed by atoms with Gasteiger partial charge in [-0.3, -0.25) is 0 Å². The Morgan fingerprint density at radius 2 is 1.58 bits per heavy atom. The number of aliphatic hydroxyl groups excluding tert-OH is 2. The largest absolute Gasteiger partial charge is 0.396 e. The summed E-state index contributed by atoms with van der Waals surface area (Å²) in [6.45, 7) is 5.70. The highest BCUT2D eigenvalue weighted by Crippen LogP contribution is 2.60. The molecule has 0 bridgehead atoms. The number of fused-ring (bicyclic) bond motifs is 1. The Morgan fingerprint density at radius 1 is 0.889 bits per heavy atom. The molecule has 2 aliphatic carbocycles. The number of hydrogen-bond acceptors (Lipinski definition) is 4. The van der Waals surface area contributed by atoms with Crippen molar-refractivity contribution in [1.82, 2.24) is 0 Å². The lowest BCUT2D eigenvalue weighted by Gasteiger charge is -2.53. The van der Waals surface area contributed by atoms with Crippen LogP contribution in [0.4, 0.5) is 0 Å². The van der Waals surface area contributed by atoms with Gasteiger partial charge in [0.05, 0.1) is 32.5 Å². The Balaban J connectivity index is 1.58. The molecule has 2 aromatic carbocycles. The van der Waals surface area contributed by atoms with Crippen LogP contribution in [0.1, 0.15) is 56.1 Å². The quantitative estimate of drug-likeness (QED) is 0.258. The molecule has 2 N–H and O–H groups in total. The van der Waals surface area contributed by atoms with Gasteiger partial charge in [-0.25, -0.2) is 0 Å². The maximum atomic E-state index is 11.2. The SMILES string of the molecule is C=CC[C@]1(CO)[C@@H](OCc2ccccc2)CC[C@@H]2CCC=C2[C@@]1(CO)CCCOCc1ccccc1. The van der Waals surface area contributed by atoms with Gasteiger partial charge in [0.25, 0.3) is 0 Å². The first kappa shape index (κ1) is 26.8. The number of benzene rings is 2. The summed E-state index contributed by atoms with van der Waals surface area (Å²) in [5, 5.41) is 22.3. The van der Waals surface area contributed by atoms with Crippen LogP contribution in [0.15, 0.2) is 85.0 Å². The minimum absolute atomic E-state index is 0.00633. The van der Waals surface area contributed by atoms with Crippen molar-refractivity contribution in [3.05, 3.63) is 96.1 Å². The van der Waals surface area contributed by atoms with E-state index < -0.39 is 10.8 Å². The molecule has 0 aliphatic heterocycles. The van der Waals surface area contributed by atoms with Gasteiger partial charge in [0, 0.05) is 17.4 Å². The summed E-state index contributed by atoms with van der Waals surface area (Å²) in [6.07, 6.45) is 10.3. The second-order valence-corrected chi connectivity index (χ2v) is 10.5. The Kier molecular flexibility index (Phi) is 9.55. The van der Waals surface area contributed by atoms with E-state index in [4.69, 9.17) is 9.47 Å². The number of hydrogen-bond donors (Lipinski definition) is 2. The molecule has 1 saturated carbocycles. The second kappa shape index (κ2) is 12.8. The lowest BCUT2D eigenvalue weighted by molar-refractivity contribution is -0.144. The maximum absolute atomic E-state index is 11.2. The van der Waals surface area contributed by atoms with Crippen LogP contribution >= 0.6 is 0 Å². The number of rotatable bonds is 13. The topological polar surface area (TPSA) is 58.9 Å². The van der Waals surface area contributed by atoms with Crippen LogP contribution in [0.5, 0.6) is 0 Å². The molecule has 0 unspecified atom stereocenters. The maximum Gasteiger partial charge on any atom is 0.0720 e. The van der Waals surface area contributed by atoms with Crippen LogP contribution in [0.25, 0.3) is 0 Å². The van der Waals surface area contributed by atoms with E-state index in [0.717, 1.165) is 49.7 Å². The predicted molar refractivity (Wildman–Crippen MR) is 144 cm³/mol. The van der Waals surface area contributed by atoms with E-state index in [1.54, 1.807) is 0 Å². The van der Waals surface area contributed by atoms with E-state index in [0.29, 0.717) is 32.2 Å². The van der Waals surface area contributed by atoms with E-state index in [9.17, 15) is 10.2 Å². The minimum Gasteiger partial charge on any atom is -0.396 e. The predicted octanol–water partition coefficient (Wildman–Crippen LogP) is 6.23. The first-order valence-electron chi connectivity index (χ1n) is 13.5. The molecule has 0 amide bonds. The Hall–Kier alpha value is -2.24. The van der Waals surface area contributed by atoms with Crippen LogP contribution in [-0.4, -0.2) is 36.1 Å². The molecule has 4 rings (SSSR count). The molecular formula is C32H42O4. The van der Waals surface area contributed by atoms with Gasteiger partial charge in [0.1, 0.15) is 0 Å². The molecule has 0 radical (unpaired) electrons. The van der Waals surface area contributed by atoms with Crippen molar-refractivity contribution in [1.29, 1.82) is 0 Å². The van der Waals surface area contributed by atoms with Crippen LogP contribution in [0.3, 0.4) is 0 Å². The van der Waals surface area contributed by atoms with Gasteiger partial charge in [-0.2, -0.15) is 0 Å². The summed E-state index contributed by atoms with van der Waals surface area (Å²) >= 11 is 0. The molecule has 0 saturated heterocycles. The highest BCUT2D eigenvalue weighted by atomic mass is 16.5. The van der Waals surface area contributed by atoms with Crippen molar-refractivity contribution in [3.63, 3.8) is 0 Å². The van der Waals surface area contributed by atoms with E-state index in [1.807, 2.05) is 42.5 Å². The third-order valence-corrected chi connectivity index (χ3v) is 8.58. The lowest BCUT2D eigenvalue weighted by atomic mass is 9.54. The minimum atomic E-state index is -0.636. The average molecular weight is 491 g/mol. The third kappa shape index (κ3) is 5.52. The molecule has 0 aromatic heterocycles. The van der Waals surface area contributed by atoms with Crippen molar-refractivity contribution >= 4 is 0 Å². The van der Waals surface area contributed by atoms with Gasteiger partial charge in [-0.15, -0.1) is 6.58 Å². The van der Waals surface area contributed by atoms with Crippen molar-refractivity contribution in [3.8, 4) is 0 Å². The van der Waals surface area contributed by atoms with Crippen LogP contribution in [0, 0.1) is 16.7 Å². The summed E-state index contributed by atoms with van der Waals surface area (Å²) in [6, 6.07) is 20.4. The highest BCUT2D eigenvalue weighted by Gasteiger charge is 2.59. The molecule has 0 heterocycles. The van der Waals surface area contributed by atoms with Gasteiger partial charge in [0.15, 0.2) is 0 Å². The third-order valence-electron chi connectivity index (χ3n) is 8.58. The van der Waals surface area contributed by atoms with Gasteiger partial charge in [-0.1, -0.05) is 78.4 Å². The molecule has 194 valence electrons. The number of aliphatic hydroxyl groups is 2. The van der Waals surface area contributed by atoms with Crippen LogP contribution in [0.2, 0.25) is 0 Å². The summed E-state index contributed by atoms with van der Waals surface area (Å²) in [7, 11) is 0. The van der Waals surface area contributed by atoms with E-state index in [1.165, 1.54) is 5.57 Å². The summed E-state index contributed by atoms with van der Waals surface area (Å²) < 4.78 is 12.7. The number of allylic oxidation sites excluding steroid dienone is 2. The first-order valence-corrected chi connectivity index (χ1v) is 13.5. The van der Waals surface area contributed by atoms with E-state index >= 15 is 0 Å². The van der Waals surface area contributed by atoms with Crippen molar-refractivity contribution in [2.24, 2.45) is 16.7 Å². The van der Waals surface area contributed by atoms with Crippen LogP contribution < -0.4 is 0 Å². The fourth-order valence-corrected chi connectivity index (χ4v) is 6.75. The summed E-state index contributed by atoms with van der Waals surface area (Å²) in [4.78, 5) is 0. The second-order valence-electron chi connectivity index (χ2n) is 10.5. The summed E-state index contributed by atoms with van der Waals surface area (Å²) in [5.74, 6) is 0.434. The van der Waals surface area contributed by atoms with Crippen molar-refractivity contribution < 1.29 is 19.7 Å². The molecule has 4 atom stereocenters. The molecule has 1 fully saturated rings. The molecule has 2 aromatic rings. The molecule has 0 spiro atoms. The molecular weight excluding hydrogens is 448 g/mol. The monoisotopic (exact) mass is 490 g/mol. The average Bonchev–Trinajstić information content (AvgIpc) is 3.37. The van der Waals surface area contributed by atoms with Crippen molar-refractivity contribution in [2.75, 3.05) is 19.8 Å². The molecule has 4 heteroatoms. The van der Waals surface area contributed by atoms with Crippen LogP contribution in [-0.2, 0) is 22.7 Å². The highest BCUT2D eigenvalue weighted by molar-refractivity contribution is 5.30. The Bertz CT molecular complexity index is 972. The van der Waals surface area contributed by atoms with Gasteiger partial charge < -0.3 is 19.7 Å². The van der Waals surface area contributed by atoms with E-state index in [-0.39, 0.29) is 19.3 Å². The molecule has 4 nitrogen and oxygen atoms in total. The summed E-state index contributed by atoms with van der Waals surface area (Å²) in [5.41, 5.74) is 2.41. The molecule has 36 heavy (non-hydrogen) atoms. The Labute approximate surface area is 216 Å². The van der Waals surface area contributed by atoms with Gasteiger partial charge >= 0.3 is 0 Å². The first-order chi connectivity index (χ1) is 17.7. The fraction of sp³-hybridized carbons (Fsp3) is 0.500. The Morgan fingerprint density at radius 3 is 2.22 bits per heavy atom. The lowest BCUT2D eigenvalue weighted by Crippen LogP contribution is -2.55. The van der Waals surface area contributed by atoms with Gasteiger partial charge in [0.2, 0.25) is 0 Å².